The van der Waals surface area contributed by atoms with Crippen LogP contribution < -0.4 is 5.32 Å². The predicted octanol–water partition coefficient (Wildman–Crippen LogP) is 1.37. The van der Waals surface area contributed by atoms with Crippen molar-refractivity contribution in [2.45, 2.75) is 6.04 Å². The Hall–Kier alpha value is -2.90. The summed E-state index contributed by atoms with van der Waals surface area (Å²) in [6, 6.07) is 8.50. The summed E-state index contributed by atoms with van der Waals surface area (Å²) in [6.45, 7) is 0.289. The Balaban J connectivity index is 1.61. The molecule has 2 heterocycles. The van der Waals surface area contributed by atoms with E-state index >= 15 is 0 Å². The molecule has 108 valence electrons. The average Bonchev–Trinajstić information content (AvgIpc) is 2.86. The number of anilines is 1. The fourth-order valence-corrected chi connectivity index (χ4v) is 2.07. The third-order valence-corrected chi connectivity index (χ3v) is 3.30. The van der Waals surface area contributed by atoms with Crippen LogP contribution in [0.25, 0.3) is 5.69 Å². The molecule has 21 heavy (non-hydrogen) atoms. The van der Waals surface area contributed by atoms with Crippen molar-refractivity contribution >= 4 is 11.7 Å². The van der Waals surface area contributed by atoms with E-state index in [2.05, 4.69) is 10.4 Å². The van der Waals surface area contributed by atoms with Gasteiger partial charge >= 0.3 is 6.03 Å². The quantitative estimate of drug-likeness (QED) is 0.681. The highest BCUT2D eigenvalue weighted by atomic mass is 16.6. The maximum absolute atomic E-state index is 11.9. The van der Waals surface area contributed by atoms with Gasteiger partial charge in [0, 0.05) is 4.92 Å². The molecule has 0 bridgehead atoms. The number of aromatic nitrogens is 2. The van der Waals surface area contributed by atoms with Crippen LogP contribution in [0.15, 0.2) is 42.7 Å². The first-order valence-corrected chi connectivity index (χ1v) is 6.43. The second kappa shape index (κ2) is 5.23. The van der Waals surface area contributed by atoms with Gasteiger partial charge < -0.3 is 10.2 Å². The number of nitrogens with one attached hydrogen (secondary N) is 1. The number of benzene rings is 1. The lowest BCUT2D eigenvalue weighted by Gasteiger charge is -2.32. The molecule has 0 unspecified atom stereocenters. The van der Waals surface area contributed by atoms with Gasteiger partial charge in [-0.15, -0.1) is 0 Å². The van der Waals surface area contributed by atoms with Gasteiger partial charge in [0.25, 0.3) is 0 Å². The fourth-order valence-electron chi connectivity index (χ4n) is 2.07. The molecule has 8 heteroatoms. The van der Waals surface area contributed by atoms with Crippen molar-refractivity contribution < 1.29 is 9.72 Å². The maximum atomic E-state index is 11.9. The van der Waals surface area contributed by atoms with Crippen LogP contribution in [-0.4, -0.2) is 44.8 Å². The number of para-hydroxylation sites is 1. The van der Waals surface area contributed by atoms with Crippen molar-refractivity contribution in [3.63, 3.8) is 0 Å². The minimum Gasteiger partial charge on any atom is -0.311 e. The highest BCUT2D eigenvalue weighted by molar-refractivity contribution is 5.89. The molecule has 1 fully saturated rings. The van der Waals surface area contributed by atoms with Crippen molar-refractivity contribution in [1.82, 2.24) is 14.7 Å². The Labute approximate surface area is 120 Å². The van der Waals surface area contributed by atoms with E-state index in [1.54, 1.807) is 10.9 Å². The van der Waals surface area contributed by atoms with E-state index in [-0.39, 0.29) is 24.0 Å². The van der Waals surface area contributed by atoms with E-state index in [0.29, 0.717) is 5.69 Å². The summed E-state index contributed by atoms with van der Waals surface area (Å²) in [7, 11) is 0. The minimum absolute atomic E-state index is 0.144. The predicted molar refractivity (Wildman–Crippen MR) is 74.9 cm³/mol. The van der Waals surface area contributed by atoms with Crippen LogP contribution >= 0.6 is 0 Å². The summed E-state index contributed by atoms with van der Waals surface area (Å²) >= 11 is 0. The molecule has 8 nitrogen and oxygen atoms in total. The van der Waals surface area contributed by atoms with E-state index in [9.17, 15) is 14.9 Å². The van der Waals surface area contributed by atoms with Crippen LogP contribution in [0, 0.1) is 10.1 Å². The Bertz CT molecular complexity index is 663. The standard InChI is InChI=1S/C13H13N5O3/c19-13(16-8-12(9-16)18(20)21)15-10-6-14-17(7-10)11-4-2-1-3-5-11/h1-7,12H,8-9H2,(H,15,19). The van der Waals surface area contributed by atoms with Crippen LogP contribution in [0.1, 0.15) is 0 Å². The van der Waals surface area contributed by atoms with Gasteiger partial charge in [0.1, 0.15) is 0 Å². The van der Waals surface area contributed by atoms with Gasteiger partial charge in [0.2, 0.25) is 6.04 Å². The number of hydrogen-bond donors (Lipinski definition) is 1. The Morgan fingerprint density at radius 3 is 2.71 bits per heavy atom. The number of amides is 2. The zero-order chi connectivity index (χ0) is 14.8. The summed E-state index contributed by atoms with van der Waals surface area (Å²) in [5.41, 5.74) is 1.43. The van der Waals surface area contributed by atoms with Gasteiger partial charge in [-0.1, -0.05) is 18.2 Å². The second-order valence-electron chi connectivity index (χ2n) is 4.78. The maximum Gasteiger partial charge on any atom is 0.322 e. The zero-order valence-corrected chi connectivity index (χ0v) is 11.0. The van der Waals surface area contributed by atoms with Gasteiger partial charge in [-0.25, -0.2) is 9.48 Å². The first-order chi connectivity index (χ1) is 10.1. The van der Waals surface area contributed by atoms with Crippen LogP contribution in [0.4, 0.5) is 10.5 Å². The zero-order valence-electron chi connectivity index (χ0n) is 11.0. The number of likely N-dealkylation sites (tertiary alicyclic amines) is 1. The summed E-state index contributed by atoms with van der Waals surface area (Å²) in [5.74, 6) is 0. The van der Waals surface area contributed by atoms with E-state index in [1.807, 2.05) is 30.3 Å². The molecule has 3 rings (SSSR count). The molecule has 0 atom stereocenters. The van der Waals surface area contributed by atoms with Crippen molar-refractivity contribution in [2.24, 2.45) is 0 Å². The molecular formula is C13H13N5O3. The molecule has 1 saturated heterocycles. The molecule has 1 aromatic carbocycles. The van der Waals surface area contributed by atoms with Gasteiger partial charge in [0.05, 0.1) is 36.9 Å². The monoisotopic (exact) mass is 287 g/mol. The lowest BCUT2D eigenvalue weighted by atomic mass is 10.1. The molecule has 0 saturated carbocycles. The average molecular weight is 287 g/mol. The largest absolute Gasteiger partial charge is 0.322 e. The van der Waals surface area contributed by atoms with E-state index in [0.717, 1.165) is 5.69 Å². The van der Waals surface area contributed by atoms with Gasteiger partial charge in [-0.05, 0) is 12.1 Å². The molecule has 0 radical (unpaired) electrons. The topological polar surface area (TPSA) is 93.3 Å². The van der Waals surface area contributed by atoms with Crippen molar-refractivity contribution in [1.29, 1.82) is 0 Å². The number of nitrogens with zero attached hydrogens (tertiary/aromatic N) is 4. The number of carbonyl (C=O) groups excluding carboxylic acids is 1. The Morgan fingerprint density at radius 2 is 2.05 bits per heavy atom. The first-order valence-electron chi connectivity index (χ1n) is 6.43. The Kier molecular flexibility index (Phi) is 3.27. The van der Waals surface area contributed by atoms with Gasteiger partial charge in [0.15, 0.2) is 0 Å². The molecule has 2 amide bonds. The van der Waals surface area contributed by atoms with Crippen molar-refractivity contribution in [2.75, 3.05) is 18.4 Å². The highest BCUT2D eigenvalue weighted by Gasteiger charge is 2.39. The third kappa shape index (κ3) is 2.69. The SMILES string of the molecule is O=C(Nc1cnn(-c2ccccc2)c1)N1CC([N+](=O)[O-])C1. The van der Waals surface area contributed by atoms with Gasteiger partial charge in [-0.3, -0.25) is 10.1 Å². The number of rotatable bonds is 3. The number of urea groups is 1. The number of carbonyl (C=O) groups is 1. The Morgan fingerprint density at radius 1 is 1.33 bits per heavy atom. The summed E-state index contributed by atoms with van der Waals surface area (Å²) in [4.78, 5) is 23.4. The highest BCUT2D eigenvalue weighted by Crippen LogP contribution is 2.15. The normalized spacial score (nSPS) is 14.6. The molecule has 2 aromatic rings. The van der Waals surface area contributed by atoms with Gasteiger partial charge in [-0.2, -0.15) is 5.10 Å². The lowest BCUT2D eigenvalue weighted by molar-refractivity contribution is -0.536. The molecular weight excluding hydrogens is 274 g/mol. The van der Waals surface area contributed by atoms with Crippen molar-refractivity contribution in [3.8, 4) is 5.69 Å². The smallest absolute Gasteiger partial charge is 0.311 e. The fraction of sp³-hybridized carbons (Fsp3) is 0.231. The summed E-state index contributed by atoms with van der Waals surface area (Å²) in [5, 5.41) is 17.3. The first kappa shape index (κ1) is 13.1. The minimum atomic E-state index is -0.650. The summed E-state index contributed by atoms with van der Waals surface area (Å²) in [6.07, 6.45) is 3.23. The molecule has 1 aliphatic rings. The molecule has 1 aliphatic heterocycles. The van der Waals surface area contributed by atoms with E-state index in [1.165, 1.54) is 11.1 Å². The molecule has 0 aliphatic carbocycles. The molecule has 0 spiro atoms. The lowest BCUT2D eigenvalue weighted by Crippen LogP contribution is -2.58. The summed E-state index contributed by atoms with van der Waals surface area (Å²) < 4.78 is 1.64. The number of nitro groups is 1. The van der Waals surface area contributed by atoms with Crippen LogP contribution in [0.5, 0.6) is 0 Å². The van der Waals surface area contributed by atoms with E-state index < -0.39 is 6.04 Å². The molecule has 1 aromatic heterocycles. The number of hydrogen-bond acceptors (Lipinski definition) is 4. The molecule has 1 N–H and O–H groups in total. The van der Waals surface area contributed by atoms with E-state index in [4.69, 9.17) is 0 Å². The third-order valence-electron chi connectivity index (χ3n) is 3.30. The van der Waals surface area contributed by atoms with Crippen LogP contribution in [0.3, 0.4) is 0 Å². The van der Waals surface area contributed by atoms with Crippen molar-refractivity contribution in [3.05, 3.63) is 52.8 Å². The van der Waals surface area contributed by atoms with Crippen LogP contribution in [-0.2, 0) is 0 Å². The second-order valence-corrected chi connectivity index (χ2v) is 4.78. The van der Waals surface area contributed by atoms with Crippen LogP contribution in [0.2, 0.25) is 0 Å².